The molecule has 0 saturated heterocycles. The third-order valence-electron chi connectivity index (χ3n) is 2.39. The summed E-state index contributed by atoms with van der Waals surface area (Å²) in [6.45, 7) is -0.276. The maximum Gasteiger partial charge on any atom is 0.337 e. The van der Waals surface area contributed by atoms with E-state index in [9.17, 15) is 22.4 Å². The quantitative estimate of drug-likeness (QED) is 0.749. The lowest BCUT2D eigenvalue weighted by atomic mass is 10.2. The van der Waals surface area contributed by atoms with E-state index < -0.39 is 43.3 Å². The molecule has 0 aliphatic rings. The zero-order valence-electron chi connectivity index (χ0n) is 10.7. The number of hydrogen-bond acceptors (Lipinski definition) is 5. The molecule has 21 heavy (non-hydrogen) atoms. The van der Waals surface area contributed by atoms with E-state index in [1.807, 2.05) is 4.72 Å². The summed E-state index contributed by atoms with van der Waals surface area (Å²) in [5.74, 6) is -3.37. The Morgan fingerprint density at radius 1 is 1.43 bits per heavy atom. The molecule has 116 valence electrons. The van der Waals surface area contributed by atoms with Crippen molar-refractivity contribution in [2.24, 2.45) is 0 Å². The minimum absolute atomic E-state index is 0.225. The topological polar surface area (TPSA) is 110 Å². The molecule has 0 aromatic heterocycles. The van der Waals surface area contributed by atoms with Crippen molar-refractivity contribution in [2.45, 2.75) is 11.3 Å². The highest BCUT2D eigenvalue weighted by molar-refractivity contribution is 7.89. The van der Waals surface area contributed by atoms with Gasteiger partial charge in [-0.3, -0.25) is 4.79 Å². The minimum atomic E-state index is -4.18. The number of rotatable bonds is 6. The molecule has 1 rings (SSSR count). The van der Waals surface area contributed by atoms with Gasteiger partial charge < -0.3 is 9.84 Å². The number of aromatic carboxylic acids is 1. The fraction of sp³-hybridized carbons (Fsp3) is 0.273. The average molecular weight is 340 g/mol. The summed E-state index contributed by atoms with van der Waals surface area (Å²) in [4.78, 5) is 21.1. The summed E-state index contributed by atoms with van der Waals surface area (Å²) in [6, 6.07) is 1.32. The van der Waals surface area contributed by atoms with E-state index in [0.29, 0.717) is 6.07 Å². The molecule has 1 aromatic rings. The van der Waals surface area contributed by atoms with Gasteiger partial charge in [0.25, 0.3) is 0 Å². The van der Waals surface area contributed by atoms with E-state index in [-0.39, 0.29) is 13.0 Å². The summed E-state index contributed by atoms with van der Waals surface area (Å²) in [7, 11) is -3.04. The molecule has 0 radical (unpaired) electrons. The highest BCUT2D eigenvalue weighted by Crippen LogP contribution is 2.24. The molecule has 10 heteroatoms. The van der Waals surface area contributed by atoms with Crippen LogP contribution in [0.4, 0.5) is 4.39 Å². The Balaban J connectivity index is 3.04. The second kappa shape index (κ2) is 6.83. The number of carbonyl (C=O) groups excluding carboxylic acids is 1. The van der Waals surface area contributed by atoms with Gasteiger partial charge in [-0.1, -0.05) is 11.6 Å². The van der Waals surface area contributed by atoms with Gasteiger partial charge in [-0.15, -0.1) is 0 Å². The number of benzene rings is 1. The third kappa shape index (κ3) is 4.38. The number of methoxy groups -OCH3 is 1. The van der Waals surface area contributed by atoms with Crippen LogP contribution in [0, 0.1) is 5.82 Å². The molecule has 0 aliphatic carbocycles. The fourth-order valence-corrected chi connectivity index (χ4v) is 2.61. The summed E-state index contributed by atoms with van der Waals surface area (Å²) in [5, 5.41) is 8.15. The lowest BCUT2D eigenvalue weighted by Gasteiger charge is -2.08. The van der Waals surface area contributed by atoms with Gasteiger partial charge in [0.1, 0.15) is 5.82 Å². The standard InChI is InChI=1S/C11H11ClFNO6S/c1-20-9(15)2-3-14-21(18,19)6-4-7(11(16)17)10(12)8(13)5-6/h4-5,14H,2-3H2,1H3,(H,16,17). The van der Waals surface area contributed by atoms with E-state index in [2.05, 4.69) is 4.74 Å². The molecule has 0 bridgehead atoms. The van der Waals surface area contributed by atoms with Crippen LogP contribution < -0.4 is 4.72 Å². The first-order chi connectivity index (χ1) is 9.69. The molecule has 0 unspecified atom stereocenters. The Morgan fingerprint density at radius 2 is 2.05 bits per heavy atom. The number of halogens is 2. The summed E-state index contributed by atoms with van der Waals surface area (Å²) < 4.78 is 43.6. The first kappa shape index (κ1) is 17.3. The SMILES string of the molecule is COC(=O)CCNS(=O)(=O)c1cc(F)c(Cl)c(C(=O)O)c1. The predicted molar refractivity (Wildman–Crippen MR) is 70.2 cm³/mol. The Labute approximate surface area is 124 Å². The molecule has 0 fully saturated rings. The van der Waals surface area contributed by atoms with Crippen LogP contribution in [0.15, 0.2) is 17.0 Å². The Bertz CT molecular complexity index is 676. The fourth-order valence-electron chi connectivity index (χ4n) is 1.35. The van der Waals surface area contributed by atoms with Crippen LogP contribution in [-0.2, 0) is 19.6 Å². The van der Waals surface area contributed by atoms with Crippen molar-refractivity contribution in [2.75, 3.05) is 13.7 Å². The first-order valence-electron chi connectivity index (χ1n) is 5.48. The molecular formula is C11H11ClFNO6S. The molecule has 0 aliphatic heterocycles. The lowest BCUT2D eigenvalue weighted by Crippen LogP contribution is -2.27. The molecule has 0 amide bonds. The first-order valence-corrected chi connectivity index (χ1v) is 7.34. The highest BCUT2D eigenvalue weighted by Gasteiger charge is 2.21. The molecule has 1 aromatic carbocycles. The lowest BCUT2D eigenvalue weighted by molar-refractivity contribution is -0.140. The van der Waals surface area contributed by atoms with Crippen molar-refractivity contribution in [3.05, 3.63) is 28.5 Å². The van der Waals surface area contributed by atoms with Crippen LogP contribution in [0.3, 0.4) is 0 Å². The molecule has 0 atom stereocenters. The number of carbonyl (C=O) groups is 2. The number of nitrogens with one attached hydrogen (secondary N) is 1. The van der Waals surface area contributed by atoms with E-state index in [0.717, 1.165) is 13.2 Å². The smallest absolute Gasteiger partial charge is 0.337 e. The van der Waals surface area contributed by atoms with Gasteiger partial charge in [-0.2, -0.15) is 0 Å². The van der Waals surface area contributed by atoms with Crippen LogP contribution in [-0.4, -0.2) is 39.1 Å². The molecule has 2 N–H and O–H groups in total. The highest BCUT2D eigenvalue weighted by atomic mass is 35.5. The minimum Gasteiger partial charge on any atom is -0.478 e. The van der Waals surface area contributed by atoms with Crippen LogP contribution >= 0.6 is 11.6 Å². The summed E-state index contributed by atoms with van der Waals surface area (Å²) in [5.41, 5.74) is -0.676. The van der Waals surface area contributed by atoms with Crippen LogP contribution in [0.2, 0.25) is 5.02 Å². The number of sulfonamides is 1. The zero-order chi connectivity index (χ0) is 16.2. The van der Waals surface area contributed by atoms with Crippen molar-refractivity contribution in [1.29, 1.82) is 0 Å². The number of hydrogen-bond donors (Lipinski definition) is 2. The van der Waals surface area contributed by atoms with Gasteiger partial charge in [-0.05, 0) is 12.1 Å². The second-order valence-corrected chi connectivity index (χ2v) is 5.94. The van der Waals surface area contributed by atoms with E-state index in [4.69, 9.17) is 16.7 Å². The van der Waals surface area contributed by atoms with Crippen molar-refractivity contribution >= 4 is 33.6 Å². The van der Waals surface area contributed by atoms with Crippen LogP contribution in [0.1, 0.15) is 16.8 Å². The number of carboxylic acid groups (broad SMARTS) is 1. The molecule has 0 heterocycles. The number of ether oxygens (including phenoxy) is 1. The average Bonchev–Trinajstić information content (AvgIpc) is 2.40. The van der Waals surface area contributed by atoms with Gasteiger partial charge in [-0.25, -0.2) is 22.3 Å². The predicted octanol–water partition coefficient (Wildman–Crippen LogP) is 1.02. The van der Waals surface area contributed by atoms with Crippen LogP contribution in [0.25, 0.3) is 0 Å². The van der Waals surface area contributed by atoms with Crippen molar-refractivity contribution in [3.8, 4) is 0 Å². The van der Waals surface area contributed by atoms with Crippen molar-refractivity contribution in [3.63, 3.8) is 0 Å². The zero-order valence-corrected chi connectivity index (χ0v) is 12.3. The van der Waals surface area contributed by atoms with Gasteiger partial charge in [0.15, 0.2) is 0 Å². The maximum atomic E-state index is 13.5. The molecule has 0 saturated carbocycles. The molecular weight excluding hydrogens is 329 g/mol. The van der Waals surface area contributed by atoms with E-state index >= 15 is 0 Å². The van der Waals surface area contributed by atoms with Gasteiger partial charge >= 0.3 is 11.9 Å². The molecule has 7 nitrogen and oxygen atoms in total. The van der Waals surface area contributed by atoms with Gasteiger partial charge in [0.05, 0.1) is 29.0 Å². The second-order valence-electron chi connectivity index (χ2n) is 3.80. The largest absolute Gasteiger partial charge is 0.478 e. The number of esters is 1. The van der Waals surface area contributed by atoms with Crippen molar-refractivity contribution in [1.82, 2.24) is 4.72 Å². The summed E-state index contributed by atoms with van der Waals surface area (Å²) >= 11 is 5.44. The van der Waals surface area contributed by atoms with Crippen molar-refractivity contribution < 1.29 is 32.2 Å². The Hall–Kier alpha value is -1.71. The number of carboxylic acids is 1. The van der Waals surface area contributed by atoms with Crippen LogP contribution in [0.5, 0.6) is 0 Å². The maximum absolute atomic E-state index is 13.5. The van der Waals surface area contributed by atoms with E-state index in [1.165, 1.54) is 0 Å². The Kier molecular flexibility index (Phi) is 5.64. The Morgan fingerprint density at radius 3 is 2.57 bits per heavy atom. The molecule has 0 spiro atoms. The van der Waals surface area contributed by atoms with E-state index in [1.54, 1.807) is 0 Å². The summed E-state index contributed by atoms with van der Waals surface area (Å²) in [6.07, 6.45) is -0.225. The monoisotopic (exact) mass is 339 g/mol. The van der Waals surface area contributed by atoms with Gasteiger partial charge in [0, 0.05) is 6.54 Å². The third-order valence-corrected chi connectivity index (χ3v) is 4.22. The normalized spacial score (nSPS) is 11.2. The van der Waals surface area contributed by atoms with Gasteiger partial charge in [0.2, 0.25) is 10.0 Å².